The molecule has 0 saturated heterocycles. The van der Waals surface area contributed by atoms with Crippen LogP contribution in [0.25, 0.3) is 0 Å². The first kappa shape index (κ1) is 23.9. The molecule has 0 spiro atoms. The summed E-state index contributed by atoms with van der Waals surface area (Å²) in [5.41, 5.74) is 3.96. The van der Waals surface area contributed by atoms with Gasteiger partial charge < -0.3 is 25.2 Å². The topological polar surface area (TPSA) is 107 Å². The minimum absolute atomic E-state index is 0.453. The molecule has 1 aromatic carbocycles. The molecule has 0 aromatic heterocycles. The Balaban J connectivity index is 1.75. The monoisotopic (exact) mass is 416 g/mol. The van der Waals surface area contributed by atoms with Gasteiger partial charge >= 0.3 is 5.97 Å². The van der Waals surface area contributed by atoms with Crippen molar-refractivity contribution in [2.24, 2.45) is 11.8 Å². The van der Waals surface area contributed by atoms with Crippen LogP contribution in [0.2, 0.25) is 0 Å². The van der Waals surface area contributed by atoms with Crippen LogP contribution >= 0.6 is 0 Å². The van der Waals surface area contributed by atoms with Gasteiger partial charge in [0, 0.05) is 0 Å². The normalized spacial score (nSPS) is 20.0. The van der Waals surface area contributed by atoms with Crippen molar-refractivity contribution in [1.82, 2.24) is 0 Å². The highest BCUT2D eigenvalue weighted by Crippen LogP contribution is 2.35. The van der Waals surface area contributed by atoms with Gasteiger partial charge in [0.1, 0.15) is 11.9 Å². The average Bonchev–Trinajstić information content (AvgIpc) is 3.18. The Morgan fingerprint density at radius 1 is 1.30 bits per heavy atom. The zero-order chi connectivity index (χ0) is 22.0. The number of aryl methyl sites for hydroxylation is 1. The van der Waals surface area contributed by atoms with E-state index in [9.17, 15) is 20.1 Å². The van der Waals surface area contributed by atoms with Crippen LogP contribution in [0, 0.1) is 11.8 Å². The second kappa shape index (κ2) is 11.7. The van der Waals surface area contributed by atoms with Gasteiger partial charge in [0.25, 0.3) is 5.79 Å². The lowest BCUT2D eigenvalue weighted by molar-refractivity contribution is -0.227. The van der Waals surface area contributed by atoms with Crippen molar-refractivity contribution in [3.63, 3.8) is 0 Å². The number of aliphatic hydroxyl groups excluding tert-OH is 1. The smallest absolute Gasteiger partial charge is 0.367 e. The van der Waals surface area contributed by atoms with Gasteiger partial charge in [0.05, 0.1) is 6.61 Å². The van der Waals surface area contributed by atoms with Crippen molar-refractivity contribution in [3.05, 3.63) is 59.9 Å². The quantitative estimate of drug-likeness (QED) is 0.191. The molecule has 6 heteroatoms. The maximum Gasteiger partial charge on any atom is 0.367 e. The number of carbonyl (C=O) groups is 1. The van der Waals surface area contributed by atoms with Crippen LogP contribution in [-0.2, 0) is 11.2 Å². The molecule has 1 aromatic rings. The zero-order valence-electron chi connectivity index (χ0n) is 17.4. The van der Waals surface area contributed by atoms with Crippen LogP contribution in [0.5, 0.6) is 5.75 Å². The van der Waals surface area contributed by atoms with Crippen LogP contribution in [0.1, 0.15) is 44.6 Å². The number of rotatable bonds is 11. The van der Waals surface area contributed by atoms with Crippen molar-refractivity contribution in [2.45, 2.75) is 57.3 Å². The minimum Gasteiger partial charge on any atom is -0.493 e. The Morgan fingerprint density at radius 3 is 2.70 bits per heavy atom. The zero-order valence-corrected chi connectivity index (χ0v) is 17.4. The van der Waals surface area contributed by atoms with Crippen molar-refractivity contribution in [2.75, 3.05) is 6.61 Å². The van der Waals surface area contributed by atoms with Crippen LogP contribution in [0.4, 0.5) is 0 Å². The molecule has 2 rings (SSSR count). The van der Waals surface area contributed by atoms with Crippen LogP contribution < -0.4 is 4.74 Å². The molecule has 3 atom stereocenters. The molecule has 1 aliphatic rings. The summed E-state index contributed by atoms with van der Waals surface area (Å²) >= 11 is 0. The molecule has 0 bridgehead atoms. The average molecular weight is 417 g/mol. The maximum atomic E-state index is 10.7. The summed E-state index contributed by atoms with van der Waals surface area (Å²) in [6.45, 7) is 2.76. The summed E-state index contributed by atoms with van der Waals surface area (Å²) in [6, 6.07) is 8.16. The van der Waals surface area contributed by atoms with Crippen molar-refractivity contribution in [1.29, 1.82) is 0 Å². The van der Waals surface area contributed by atoms with E-state index in [1.54, 1.807) is 6.08 Å². The van der Waals surface area contributed by atoms with Crippen molar-refractivity contribution < 1.29 is 30.0 Å². The van der Waals surface area contributed by atoms with Crippen LogP contribution in [0.3, 0.4) is 0 Å². The molecule has 1 saturated carbocycles. The maximum absolute atomic E-state index is 10.7. The number of benzene rings is 1. The molecule has 0 amide bonds. The fraction of sp³-hybridized carbons (Fsp3) is 0.500. The second-order valence-electron chi connectivity index (χ2n) is 7.67. The van der Waals surface area contributed by atoms with Gasteiger partial charge in [-0.2, -0.15) is 0 Å². The summed E-state index contributed by atoms with van der Waals surface area (Å²) in [4.78, 5) is 10.7. The van der Waals surface area contributed by atoms with E-state index >= 15 is 0 Å². The number of aliphatic carboxylic acids is 1. The van der Waals surface area contributed by atoms with Crippen molar-refractivity contribution >= 4 is 5.97 Å². The second-order valence-corrected chi connectivity index (χ2v) is 7.67. The van der Waals surface area contributed by atoms with E-state index in [-0.39, 0.29) is 0 Å². The molecule has 0 heterocycles. The van der Waals surface area contributed by atoms with Gasteiger partial charge in [-0.05, 0) is 73.8 Å². The molecule has 164 valence electrons. The first-order chi connectivity index (χ1) is 14.3. The van der Waals surface area contributed by atoms with E-state index in [2.05, 4.69) is 36.9 Å². The molecule has 0 aliphatic heterocycles. The first-order valence-electron chi connectivity index (χ1n) is 10.5. The molecule has 1 fully saturated rings. The predicted octanol–water partition coefficient (Wildman–Crippen LogP) is 3.22. The van der Waals surface area contributed by atoms with Gasteiger partial charge in [-0.15, -0.1) is 5.73 Å². The number of allylic oxidation sites excluding steroid dienone is 1. The van der Waals surface area contributed by atoms with Crippen molar-refractivity contribution in [3.8, 4) is 5.75 Å². The Hall–Kier alpha value is -2.37. The van der Waals surface area contributed by atoms with E-state index in [1.807, 2.05) is 12.1 Å². The number of aliphatic hydroxyl groups is 3. The number of hydrogen-bond acceptors (Lipinski definition) is 5. The van der Waals surface area contributed by atoms with E-state index in [4.69, 9.17) is 9.84 Å². The van der Waals surface area contributed by atoms with Gasteiger partial charge in [-0.25, -0.2) is 4.79 Å². The third-order valence-electron chi connectivity index (χ3n) is 5.51. The summed E-state index contributed by atoms with van der Waals surface area (Å²) in [6.07, 6.45) is 11.1. The Kier molecular flexibility index (Phi) is 9.34. The number of hydrogen-bond donors (Lipinski definition) is 4. The number of carboxylic acid groups (broad SMARTS) is 1. The molecule has 0 radical (unpaired) electrons. The highest BCUT2D eigenvalue weighted by Gasteiger charge is 2.40. The van der Waals surface area contributed by atoms with E-state index in [0.717, 1.165) is 50.4 Å². The lowest BCUT2D eigenvalue weighted by Crippen LogP contribution is -2.48. The summed E-state index contributed by atoms with van der Waals surface area (Å²) in [5, 5.41) is 36.7. The van der Waals surface area contributed by atoms with Crippen LogP contribution in [-0.4, -0.2) is 44.9 Å². The molecule has 1 aliphatic carbocycles. The standard InChI is InChI=1S/C24H32O6/c1-2-18-13-15-21(16-14-18)30-17-6-5-9-20-11-7-10-19(20)8-3-4-12-22(25)24(28,29)23(26)27/h3,5,9,12-16,19-20,22,25,28-29H,2,6-8,10-11,17H2,1H3,(H,26,27)/b9-5+/t4?,19-,20-,22?/m0/s1. The lowest BCUT2D eigenvalue weighted by Gasteiger charge is -2.19. The SMILES string of the molecule is CCc1ccc(OCC/C=C/[C@H]2CCC[C@@H]2CC=C=CC(O)C(O)(O)C(=O)O)cc1. The van der Waals surface area contributed by atoms with E-state index in [0.29, 0.717) is 18.4 Å². The number of ether oxygens (including phenoxy) is 1. The van der Waals surface area contributed by atoms with Gasteiger partial charge in [0.15, 0.2) is 0 Å². The fourth-order valence-electron chi connectivity index (χ4n) is 3.57. The van der Waals surface area contributed by atoms with Crippen LogP contribution in [0.15, 0.2) is 54.3 Å². The van der Waals surface area contributed by atoms with E-state index in [1.165, 1.54) is 5.56 Å². The highest BCUT2D eigenvalue weighted by atomic mass is 16.6. The Morgan fingerprint density at radius 2 is 2.03 bits per heavy atom. The lowest BCUT2D eigenvalue weighted by atomic mass is 9.92. The first-order valence-corrected chi connectivity index (χ1v) is 10.5. The predicted molar refractivity (Wildman–Crippen MR) is 114 cm³/mol. The largest absolute Gasteiger partial charge is 0.493 e. The fourth-order valence-corrected chi connectivity index (χ4v) is 3.57. The van der Waals surface area contributed by atoms with Gasteiger partial charge in [0.2, 0.25) is 0 Å². The Bertz CT molecular complexity index is 758. The summed E-state index contributed by atoms with van der Waals surface area (Å²) in [7, 11) is 0. The highest BCUT2D eigenvalue weighted by molar-refractivity contribution is 5.76. The van der Waals surface area contributed by atoms with Gasteiger partial charge in [-0.3, -0.25) is 0 Å². The number of carboxylic acids is 1. The Labute approximate surface area is 177 Å². The summed E-state index contributed by atoms with van der Waals surface area (Å²) in [5.74, 6) is -3.31. The molecule has 30 heavy (non-hydrogen) atoms. The van der Waals surface area contributed by atoms with E-state index < -0.39 is 17.9 Å². The van der Waals surface area contributed by atoms with Gasteiger partial charge in [-0.1, -0.05) is 37.6 Å². The molecule has 6 nitrogen and oxygen atoms in total. The third-order valence-corrected chi connectivity index (χ3v) is 5.51. The third kappa shape index (κ3) is 7.15. The molecule has 1 unspecified atom stereocenters. The molecular formula is C24H32O6. The molecule has 4 N–H and O–H groups in total. The minimum atomic E-state index is -3.21. The summed E-state index contributed by atoms with van der Waals surface area (Å²) < 4.78 is 5.77. The molecular weight excluding hydrogens is 384 g/mol.